The lowest BCUT2D eigenvalue weighted by Gasteiger charge is -2.15. The van der Waals surface area contributed by atoms with Gasteiger partial charge in [0.1, 0.15) is 26.1 Å². The molecule has 0 fully saturated rings. The van der Waals surface area contributed by atoms with E-state index in [1.807, 2.05) is 48.5 Å². The van der Waals surface area contributed by atoms with E-state index in [0.717, 1.165) is 27.4 Å². The Bertz CT molecular complexity index is 948. The van der Waals surface area contributed by atoms with Crippen LogP contribution in [0.2, 0.25) is 0 Å². The summed E-state index contributed by atoms with van der Waals surface area (Å²) in [5, 5.41) is 3.14. The molecule has 0 atom stereocenters. The minimum Gasteiger partial charge on any atom is -0.493 e. The van der Waals surface area contributed by atoms with E-state index in [1.54, 1.807) is 0 Å². The van der Waals surface area contributed by atoms with Gasteiger partial charge in [-0.3, -0.25) is 0 Å². The predicted molar refractivity (Wildman–Crippen MR) is 89.0 cm³/mol. The van der Waals surface area contributed by atoms with Crippen LogP contribution >= 0.6 is 0 Å². The van der Waals surface area contributed by atoms with E-state index in [0.29, 0.717) is 13.2 Å². The van der Waals surface area contributed by atoms with Crippen molar-refractivity contribution >= 4 is 27.6 Å². The highest BCUT2D eigenvalue weighted by atomic mass is 16.6. The Morgan fingerprint density at radius 1 is 1.00 bits per heavy atom. The zero-order chi connectivity index (χ0) is 16.4. The Labute approximate surface area is 138 Å². The maximum atomic E-state index is 12.0. The van der Waals surface area contributed by atoms with Gasteiger partial charge >= 0.3 is 5.97 Å². The number of nitrogens with zero attached hydrogens (tertiary/aromatic N) is 1. The third kappa shape index (κ3) is 2.65. The third-order valence-corrected chi connectivity index (χ3v) is 3.88. The van der Waals surface area contributed by atoms with Crippen LogP contribution in [0, 0.1) is 0 Å². The number of ether oxygens (including phenoxy) is 3. The van der Waals surface area contributed by atoms with Crippen LogP contribution in [0.25, 0.3) is 21.7 Å². The Kier molecular flexibility index (Phi) is 3.75. The van der Waals surface area contributed by atoms with Gasteiger partial charge in [0.2, 0.25) is 5.76 Å². The molecule has 5 nitrogen and oxygen atoms in total. The molecule has 0 saturated carbocycles. The monoisotopic (exact) mass is 321 g/mol. The van der Waals surface area contributed by atoms with Crippen molar-refractivity contribution in [3.05, 3.63) is 66.2 Å². The number of pyridine rings is 1. The highest BCUT2D eigenvalue weighted by Crippen LogP contribution is 2.26. The number of aromatic nitrogens is 1. The van der Waals surface area contributed by atoms with E-state index in [2.05, 4.69) is 4.98 Å². The summed E-state index contributed by atoms with van der Waals surface area (Å²) in [6.07, 6.45) is 1.29. The van der Waals surface area contributed by atoms with Gasteiger partial charge < -0.3 is 14.2 Å². The van der Waals surface area contributed by atoms with E-state index < -0.39 is 5.97 Å². The number of hydrogen-bond acceptors (Lipinski definition) is 5. The Balaban J connectivity index is 1.68. The van der Waals surface area contributed by atoms with Gasteiger partial charge in [-0.1, -0.05) is 42.5 Å². The molecule has 0 spiro atoms. The van der Waals surface area contributed by atoms with Crippen molar-refractivity contribution in [1.82, 2.24) is 4.98 Å². The third-order valence-electron chi connectivity index (χ3n) is 3.88. The smallest absolute Gasteiger partial charge is 0.377 e. The standard InChI is InChI=1S/C19H15NO4/c21-19(18-12-22-9-10-23-18)24-11-17-15-7-2-1-5-13(15)14-6-3-4-8-16(14)20-17/h1-8,12H,9-11H2. The number of carbonyl (C=O) groups excluding carboxylic acids is 1. The number of esters is 1. The molecule has 3 aromatic rings. The average molecular weight is 321 g/mol. The Morgan fingerprint density at radius 2 is 1.75 bits per heavy atom. The molecule has 0 saturated heterocycles. The molecule has 0 bridgehead atoms. The molecule has 4 rings (SSSR count). The lowest BCUT2D eigenvalue weighted by atomic mass is 10.0. The molecule has 0 N–H and O–H groups in total. The van der Waals surface area contributed by atoms with Gasteiger partial charge in [0.05, 0.1) is 11.2 Å². The van der Waals surface area contributed by atoms with Crippen LogP contribution in [0.5, 0.6) is 0 Å². The quantitative estimate of drug-likeness (QED) is 0.547. The first kappa shape index (κ1) is 14.5. The van der Waals surface area contributed by atoms with Gasteiger partial charge in [-0.2, -0.15) is 0 Å². The van der Waals surface area contributed by atoms with Crippen molar-refractivity contribution in [2.45, 2.75) is 6.61 Å². The van der Waals surface area contributed by atoms with Crippen LogP contribution in [0.1, 0.15) is 5.69 Å². The molecule has 1 aliphatic heterocycles. The minimum absolute atomic E-state index is 0.0743. The number of rotatable bonds is 3. The summed E-state index contributed by atoms with van der Waals surface area (Å²) in [7, 11) is 0. The van der Waals surface area contributed by atoms with Crippen LogP contribution in [-0.4, -0.2) is 24.2 Å². The lowest BCUT2D eigenvalue weighted by Crippen LogP contribution is -2.17. The molecule has 2 heterocycles. The summed E-state index contributed by atoms with van der Waals surface area (Å²) >= 11 is 0. The molecule has 2 aromatic carbocycles. The Hall–Kier alpha value is -3.08. The molecular formula is C19H15NO4. The van der Waals surface area contributed by atoms with E-state index in [1.165, 1.54) is 6.26 Å². The molecule has 24 heavy (non-hydrogen) atoms. The first-order valence-corrected chi connectivity index (χ1v) is 7.71. The van der Waals surface area contributed by atoms with Gasteiger partial charge in [-0.15, -0.1) is 0 Å². The second-order valence-electron chi connectivity index (χ2n) is 5.40. The molecule has 1 aliphatic rings. The lowest BCUT2D eigenvalue weighted by molar-refractivity contribution is -0.146. The average Bonchev–Trinajstić information content (AvgIpc) is 2.66. The van der Waals surface area contributed by atoms with Crippen molar-refractivity contribution in [3.63, 3.8) is 0 Å². The highest BCUT2D eigenvalue weighted by molar-refractivity contribution is 6.06. The van der Waals surface area contributed by atoms with Crippen LogP contribution in [0.15, 0.2) is 60.6 Å². The van der Waals surface area contributed by atoms with E-state index in [9.17, 15) is 4.79 Å². The van der Waals surface area contributed by atoms with Gasteiger partial charge in [0.25, 0.3) is 0 Å². The van der Waals surface area contributed by atoms with Crippen LogP contribution in [0.4, 0.5) is 0 Å². The molecular weight excluding hydrogens is 306 g/mol. The van der Waals surface area contributed by atoms with E-state index in [4.69, 9.17) is 14.2 Å². The maximum absolute atomic E-state index is 12.0. The van der Waals surface area contributed by atoms with Gasteiger partial charge in [0.15, 0.2) is 0 Å². The minimum atomic E-state index is -0.547. The summed E-state index contributed by atoms with van der Waals surface area (Å²) < 4.78 is 15.7. The molecule has 0 radical (unpaired) electrons. The summed E-state index contributed by atoms with van der Waals surface area (Å²) in [5.41, 5.74) is 1.59. The predicted octanol–water partition coefficient (Wildman–Crippen LogP) is 3.32. The summed E-state index contributed by atoms with van der Waals surface area (Å²) in [6, 6.07) is 15.9. The van der Waals surface area contributed by atoms with Crippen LogP contribution < -0.4 is 0 Å². The zero-order valence-electron chi connectivity index (χ0n) is 12.9. The second kappa shape index (κ2) is 6.20. The Morgan fingerprint density at radius 3 is 2.54 bits per heavy atom. The first-order valence-electron chi connectivity index (χ1n) is 7.71. The van der Waals surface area contributed by atoms with Gasteiger partial charge in [0, 0.05) is 10.8 Å². The van der Waals surface area contributed by atoms with E-state index >= 15 is 0 Å². The normalized spacial score (nSPS) is 13.9. The number of fused-ring (bicyclic) bond motifs is 3. The topological polar surface area (TPSA) is 57.7 Å². The van der Waals surface area contributed by atoms with Crippen molar-refractivity contribution < 1.29 is 19.0 Å². The molecule has 5 heteroatoms. The van der Waals surface area contributed by atoms with Crippen LogP contribution in [0.3, 0.4) is 0 Å². The maximum Gasteiger partial charge on any atom is 0.377 e. The number of carbonyl (C=O) groups is 1. The zero-order valence-corrected chi connectivity index (χ0v) is 12.9. The molecule has 0 amide bonds. The van der Waals surface area contributed by atoms with Crippen molar-refractivity contribution in [2.75, 3.05) is 13.2 Å². The van der Waals surface area contributed by atoms with Crippen molar-refractivity contribution in [3.8, 4) is 0 Å². The molecule has 1 aromatic heterocycles. The summed E-state index contributed by atoms with van der Waals surface area (Å²) in [4.78, 5) is 16.7. The second-order valence-corrected chi connectivity index (χ2v) is 5.40. The SMILES string of the molecule is O=C(OCc1nc2ccccc2c2ccccc12)C1=COCCO1. The number of benzene rings is 2. The fraction of sp³-hybridized carbons (Fsp3) is 0.158. The van der Waals surface area contributed by atoms with Crippen LogP contribution in [-0.2, 0) is 25.6 Å². The number of para-hydroxylation sites is 1. The first-order chi connectivity index (χ1) is 11.8. The van der Waals surface area contributed by atoms with Gasteiger partial charge in [-0.25, -0.2) is 9.78 Å². The van der Waals surface area contributed by atoms with Crippen molar-refractivity contribution in [1.29, 1.82) is 0 Å². The van der Waals surface area contributed by atoms with E-state index in [-0.39, 0.29) is 12.4 Å². The largest absolute Gasteiger partial charge is 0.493 e. The number of hydrogen-bond donors (Lipinski definition) is 0. The molecule has 0 unspecified atom stereocenters. The van der Waals surface area contributed by atoms with Gasteiger partial charge in [-0.05, 0) is 11.5 Å². The fourth-order valence-electron chi connectivity index (χ4n) is 2.76. The molecule has 0 aliphatic carbocycles. The summed E-state index contributed by atoms with van der Waals surface area (Å²) in [5.74, 6) is -0.458. The highest BCUT2D eigenvalue weighted by Gasteiger charge is 2.18. The van der Waals surface area contributed by atoms with Crippen molar-refractivity contribution in [2.24, 2.45) is 0 Å². The fourth-order valence-corrected chi connectivity index (χ4v) is 2.76. The molecule has 120 valence electrons. The summed E-state index contributed by atoms with van der Waals surface area (Å²) in [6.45, 7) is 0.858.